The maximum absolute atomic E-state index is 10.9. The normalized spacial score (nSPS) is 12.0. The molecule has 0 saturated heterocycles. The van der Waals surface area contributed by atoms with Crippen molar-refractivity contribution in [3.05, 3.63) is 47.5 Å². The van der Waals surface area contributed by atoms with Gasteiger partial charge in [0.2, 0.25) is 0 Å². The number of ketones is 1. The minimum absolute atomic E-state index is 0.0863. The number of allylic oxidation sites excluding steroid dienone is 2. The van der Waals surface area contributed by atoms with Crippen LogP contribution in [0.5, 0.6) is 0 Å². The van der Waals surface area contributed by atoms with E-state index < -0.39 is 0 Å². The quantitative estimate of drug-likeness (QED) is 0.686. The molecule has 0 radical (unpaired) electrons. The number of aryl methyl sites for hydroxylation is 1. The Balaban J connectivity index is 3.06. The minimum Gasteiger partial charge on any atom is -0.295 e. The Kier molecular flexibility index (Phi) is 3.46. The molecule has 1 nitrogen and oxygen atoms in total. The van der Waals surface area contributed by atoms with E-state index in [2.05, 4.69) is 32.9 Å². The molecule has 0 N–H and O–H groups in total. The molecular weight excluding hydrogens is 184 g/mol. The largest absolute Gasteiger partial charge is 0.295 e. The summed E-state index contributed by atoms with van der Waals surface area (Å²) in [5.41, 5.74) is 2.44. The van der Waals surface area contributed by atoms with Crippen molar-refractivity contribution in [1.82, 2.24) is 0 Å². The first-order valence-electron chi connectivity index (χ1n) is 5.19. The Labute approximate surface area is 91.8 Å². The summed E-state index contributed by atoms with van der Waals surface area (Å²) in [6.45, 7) is 7.91. The topological polar surface area (TPSA) is 17.1 Å². The molecule has 80 valence electrons. The Morgan fingerprint density at radius 3 is 2.40 bits per heavy atom. The molecule has 0 atom stereocenters. The molecule has 1 heteroatoms. The van der Waals surface area contributed by atoms with Crippen molar-refractivity contribution in [3.63, 3.8) is 0 Å². The number of carbonyl (C=O) groups is 1. The van der Waals surface area contributed by atoms with Gasteiger partial charge in [-0.2, -0.15) is 0 Å². The third-order valence-corrected chi connectivity index (χ3v) is 2.57. The summed E-state index contributed by atoms with van der Waals surface area (Å²) in [6.07, 6.45) is 3.62. The van der Waals surface area contributed by atoms with E-state index in [-0.39, 0.29) is 11.2 Å². The lowest BCUT2D eigenvalue weighted by Gasteiger charge is -2.23. The molecule has 0 spiro atoms. The minimum atomic E-state index is -0.0863. The zero-order chi connectivity index (χ0) is 11.5. The van der Waals surface area contributed by atoms with Gasteiger partial charge in [0.15, 0.2) is 5.78 Å². The first-order chi connectivity index (χ1) is 6.93. The zero-order valence-electron chi connectivity index (χ0n) is 9.87. The molecular formula is C14H18O. The second-order valence-corrected chi connectivity index (χ2v) is 4.48. The molecule has 1 aromatic rings. The second kappa shape index (κ2) is 4.43. The Hall–Kier alpha value is -1.37. The van der Waals surface area contributed by atoms with Gasteiger partial charge in [0.25, 0.3) is 0 Å². The van der Waals surface area contributed by atoms with E-state index in [0.29, 0.717) is 0 Å². The van der Waals surface area contributed by atoms with Crippen LogP contribution >= 0.6 is 0 Å². The summed E-state index contributed by atoms with van der Waals surface area (Å²) in [4.78, 5) is 10.9. The maximum Gasteiger partial charge on any atom is 0.152 e. The predicted octanol–water partition coefficient (Wildman–Crippen LogP) is 3.42. The number of carbonyl (C=O) groups excluding carboxylic acids is 1. The van der Waals surface area contributed by atoms with E-state index in [1.54, 1.807) is 13.0 Å². The molecule has 0 aliphatic carbocycles. The molecule has 0 amide bonds. The van der Waals surface area contributed by atoms with Gasteiger partial charge in [-0.25, -0.2) is 0 Å². The van der Waals surface area contributed by atoms with Crippen molar-refractivity contribution in [2.24, 2.45) is 0 Å². The van der Waals surface area contributed by atoms with E-state index >= 15 is 0 Å². The van der Waals surface area contributed by atoms with Crippen molar-refractivity contribution in [2.75, 3.05) is 0 Å². The van der Waals surface area contributed by atoms with E-state index in [4.69, 9.17) is 0 Å². The molecule has 0 heterocycles. The summed E-state index contributed by atoms with van der Waals surface area (Å²) in [6, 6.07) is 8.27. The van der Waals surface area contributed by atoms with Crippen molar-refractivity contribution >= 4 is 5.78 Å². The van der Waals surface area contributed by atoms with Crippen LogP contribution < -0.4 is 0 Å². The third kappa shape index (κ3) is 3.05. The predicted molar refractivity (Wildman–Crippen MR) is 64.0 cm³/mol. The lowest BCUT2D eigenvalue weighted by Crippen LogP contribution is -2.15. The lowest BCUT2D eigenvalue weighted by atomic mass is 9.81. The smallest absolute Gasteiger partial charge is 0.152 e. The molecule has 0 saturated carbocycles. The first kappa shape index (κ1) is 11.7. The van der Waals surface area contributed by atoms with E-state index in [1.165, 1.54) is 11.1 Å². The average Bonchev–Trinajstić information content (AvgIpc) is 2.15. The van der Waals surface area contributed by atoms with Crippen LogP contribution in [-0.2, 0) is 10.2 Å². The average molecular weight is 202 g/mol. The molecule has 15 heavy (non-hydrogen) atoms. The van der Waals surface area contributed by atoms with Gasteiger partial charge in [-0.15, -0.1) is 0 Å². The fourth-order valence-corrected chi connectivity index (χ4v) is 1.71. The van der Waals surface area contributed by atoms with Crippen LogP contribution in [0.2, 0.25) is 0 Å². The van der Waals surface area contributed by atoms with Gasteiger partial charge in [0, 0.05) is 5.41 Å². The highest BCUT2D eigenvalue weighted by Gasteiger charge is 2.18. The third-order valence-electron chi connectivity index (χ3n) is 2.57. The van der Waals surface area contributed by atoms with Gasteiger partial charge in [-0.3, -0.25) is 4.79 Å². The van der Waals surface area contributed by atoms with E-state index in [1.807, 2.05) is 18.2 Å². The van der Waals surface area contributed by atoms with Crippen molar-refractivity contribution in [2.45, 2.75) is 33.1 Å². The van der Waals surface area contributed by atoms with Gasteiger partial charge in [0.05, 0.1) is 0 Å². The number of rotatable bonds is 3. The van der Waals surface area contributed by atoms with Crippen molar-refractivity contribution in [1.29, 1.82) is 0 Å². The fourth-order valence-electron chi connectivity index (χ4n) is 1.71. The van der Waals surface area contributed by atoms with Crippen LogP contribution in [-0.4, -0.2) is 5.78 Å². The fraction of sp³-hybridized carbons (Fsp3) is 0.357. The van der Waals surface area contributed by atoms with Gasteiger partial charge < -0.3 is 0 Å². The van der Waals surface area contributed by atoms with Crippen molar-refractivity contribution < 1.29 is 4.79 Å². The van der Waals surface area contributed by atoms with Gasteiger partial charge in [-0.05, 0) is 31.1 Å². The first-order valence-corrected chi connectivity index (χ1v) is 5.19. The number of hydrogen-bond donors (Lipinski definition) is 0. The van der Waals surface area contributed by atoms with Crippen LogP contribution in [0.25, 0.3) is 0 Å². The lowest BCUT2D eigenvalue weighted by molar-refractivity contribution is -0.112. The van der Waals surface area contributed by atoms with Crippen LogP contribution in [0.3, 0.4) is 0 Å². The monoisotopic (exact) mass is 202 g/mol. The summed E-state index contributed by atoms with van der Waals surface area (Å²) in [5.74, 6) is 0.0941. The summed E-state index contributed by atoms with van der Waals surface area (Å²) in [7, 11) is 0. The second-order valence-electron chi connectivity index (χ2n) is 4.48. The molecule has 0 aromatic heterocycles. The highest BCUT2D eigenvalue weighted by atomic mass is 16.1. The van der Waals surface area contributed by atoms with Crippen LogP contribution in [0.4, 0.5) is 0 Å². The molecule has 0 aliphatic heterocycles. The van der Waals surface area contributed by atoms with Gasteiger partial charge in [0.1, 0.15) is 0 Å². The van der Waals surface area contributed by atoms with Gasteiger partial charge >= 0.3 is 0 Å². The number of hydrogen-bond acceptors (Lipinski definition) is 1. The van der Waals surface area contributed by atoms with E-state index in [9.17, 15) is 4.79 Å². The van der Waals surface area contributed by atoms with Crippen LogP contribution in [0.1, 0.15) is 31.9 Å². The van der Waals surface area contributed by atoms with E-state index in [0.717, 1.165) is 0 Å². The van der Waals surface area contributed by atoms with Crippen molar-refractivity contribution in [3.8, 4) is 0 Å². The molecule has 0 aliphatic rings. The SMILES string of the molecule is CC(=O)/C=C\C(C)(C)c1ccccc1C. The van der Waals surface area contributed by atoms with Gasteiger partial charge in [-0.1, -0.05) is 44.2 Å². The Bertz CT molecular complexity index is 386. The number of benzene rings is 1. The Morgan fingerprint density at radius 1 is 1.27 bits per heavy atom. The Morgan fingerprint density at radius 2 is 1.87 bits per heavy atom. The molecule has 1 rings (SSSR count). The maximum atomic E-state index is 10.9. The standard InChI is InChI=1S/C14H18O/c1-11-7-5-6-8-13(11)14(3,4)10-9-12(2)15/h5-10H,1-4H3/b10-9-. The molecule has 0 fully saturated rings. The molecule has 1 aromatic carbocycles. The highest BCUT2D eigenvalue weighted by Crippen LogP contribution is 2.27. The summed E-state index contributed by atoms with van der Waals surface area (Å²) >= 11 is 0. The molecule has 0 bridgehead atoms. The summed E-state index contributed by atoms with van der Waals surface area (Å²) < 4.78 is 0. The molecule has 0 unspecified atom stereocenters. The van der Waals surface area contributed by atoms with Crippen LogP contribution in [0, 0.1) is 6.92 Å². The zero-order valence-corrected chi connectivity index (χ0v) is 9.87. The van der Waals surface area contributed by atoms with Crippen LogP contribution in [0.15, 0.2) is 36.4 Å². The summed E-state index contributed by atoms with van der Waals surface area (Å²) in [5, 5.41) is 0. The highest BCUT2D eigenvalue weighted by molar-refractivity contribution is 5.87.